The molecule has 1 aliphatic rings. The molecule has 0 radical (unpaired) electrons. The van der Waals surface area contributed by atoms with Crippen molar-refractivity contribution < 1.29 is 31.9 Å². The standard InChI is InChI=1S/C31H34Cl2FN3O6S/c1-4-27(31(39)35-17-20(2)3)36(18-21-5-6-22(32)15-26(21)33)30(38)19-37(24-9-7-23(34)8-10-24)44(40,41)25-11-12-28-29(16-25)43-14-13-42-28/h5-12,15-16,20,27H,4,13-14,17-19H2,1-3H3,(H,35,39)/t27-/m0/s1. The summed E-state index contributed by atoms with van der Waals surface area (Å²) in [6.45, 7) is 5.82. The van der Waals surface area contributed by atoms with Crippen LogP contribution in [-0.4, -0.2) is 57.5 Å². The van der Waals surface area contributed by atoms with Crippen LogP contribution in [0.2, 0.25) is 10.0 Å². The Kier molecular flexibility index (Phi) is 11.0. The fourth-order valence-corrected chi connectivity index (χ4v) is 6.52. The summed E-state index contributed by atoms with van der Waals surface area (Å²) in [7, 11) is -4.41. The fourth-order valence-electron chi connectivity index (χ4n) is 4.62. The van der Waals surface area contributed by atoms with Gasteiger partial charge in [0.15, 0.2) is 11.5 Å². The van der Waals surface area contributed by atoms with Gasteiger partial charge in [-0.25, -0.2) is 12.8 Å². The molecule has 44 heavy (non-hydrogen) atoms. The summed E-state index contributed by atoms with van der Waals surface area (Å²) in [6, 6.07) is 12.7. The van der Waals surface area contributed by atoms with Gasteiger partial charge in [-0.2, -0.15) is 0 Å². The van der Waals surface area contributed by atoms with Gasteiger partial charge in [-0.05, 0) is 66.4 Å². The lowest BCUT2D eigenvalue weighted by Crippen LogP contribution is -2.52. The van der Waals surface area contributed by atoms with Crippen LogP contribution in [0.1, 0.15) is 32.8 Å². The van der Waals surface area contributed by atoms with E-state index in [1.54, 1.807) is 19.1 Å². The molecule has 13 heteroatoms. The number of carbonyl (C=O) groups is 2. The highest BCUT2D eigenvalue weighted by atomic mass is 35.5. The van der Waals surface area contributed by atoms with E-state index >= 15 is 0 Å². The fraction of sp³-hybridized carbons (Fsp3) is 0.355. The number of anilines is 1. The number of hydrogen-bond donors (Lipinski definition) is 1. The van der Waals surface area contributed by atoms with Crippen molar-refractivity contribution in [1.29, 1.82) is 0 Å². The predicted molar refractivity (Wildman–Crippen MR) is 167 cm³/mol. The molecule has 2 amide bonds. The van der Waals surface area contributed by atoms with E-state index in [4.69, 9.17) is 32.7 Å². The van der Waals surface area contributed by atoms with E-state index in [9.17, 15) is 22.4 Å². The number of rotatable bonds is 12. The third-order valence-electron chi connectivity index (χ3n) is 6.92. The third kappa shape index (κ3) is 7.94. The lowest BCUT2D eigenvalue weighted by atomic mass is 10.1. The number of fused-ring (bicyclic) bond motifs is 1. The molecule has 1 heterocycles. The molecule has 0 saturated carbocycles. The molecule has 0 saturated heterocycles. The number of nitrogens with one attached hydrogen (secondary N) is 1. The Morgan fingerprint density at radius 2 is 1.66 bits per heavy atom. The van der Waals surface area contributed by atoms with Gasteiger partial charge in [0.25, 0.3) is 10.0 Å². The summed E-state index contributed by atoms with van der Waals surface area (Å²) in [6.07, 6.45) is 0.242. The van der Waals surface area contributed by atoms with Gasteiger partial charge in [0, 0.05) is 29.2 Å². The summed E-state index contributed by atoms with van der Waals surface area (Å²) in [5.74, 6) is -0.839. The number of ether oxygens (including phenoxy) is 2. The molecular formula is C31H34Cl2FN3O6S. The van der Waals surface area contributed by atoms with Crippen molar-refractivity contribution in [2.45, 2.75) is 44.7 Å². The minimum Gasteiger partial charge on any atom is -0.486 e. The van der Waals surface area contributed by atoms with Crippen molar-refractivity contribution in [3.8, 4) is 11.5 Å². The van der Waals surface area contributed by atoms with Crippen LogP contribution in [-0.2, 0) is 26.2 Å². The molecule has 0 aromatic heterocycles. The zero-order valence-corrected chi connectivity index (χ0v) is 26.9. The van der Waals surface area contributed by atoms with Crippen LogP contribution in [0.4, 0.5) is 10.1 Å². The topological polar surface area (TPSA) is 105 Å². The van der Waals surface area contributed by atoms with Gasteiger partial charge in [-0.1, -0.05) is 50.0 Å². The monoisotopic (exact) mass is 665 g/mol. The minimum atomic E-state index is -4.41. The molecule has 0 fully saturated rings. The molecule has 4 rings (SSSR count). The predicted octanol–water partition coefficient (Wildman–Crippen LogP) is 5.68. The highest BCUT2D eigenvalue weighted by Crippen LogP contribution is 2.34. The minimum absolute atomic E-state index is 0.0522. The van der Waals surface area contributed by atoms with Crippen molar-refractivity contribution in [2.75, 3.05) is 30.6 Å². The van der Waals surface area contributed by atoms with Crippen LogP contribution in [0.5, 0.6) is 11.5 Å². The second-order valence-corrected chi connectivity index (χ2v) is 13.3. The maximum absolute atomic E-state index is 14.2. The SMILES string of the molecule is CC[C@@H](C(=O)NCC(C)C)N(Cc1ccc(Cl)cc1Cl)C(=O)CN(c1ccc(F)cc1)S(=O)(=O)c1ccc2c(c1)OCCO2. The first-order valence-electron chi connectivity index (χ1n) is 14.1. The Morgan fingerprint density at radius 3 is 2.30 bits per heavy atom. The molecule has 1 N–H and O–H groups in total. The molecule has 1 aliphatic heterocycles. The molecule has 1 atom stereocenters. The van der Waals surface area contributed by atoms with Gasteiger partial charge < -0.3 is 19.7 Å². The number of amides is 2. The van der Waals surface area contributed by atoms with E-state index in [-0.39, 0.29) is 52.8 Å². The van der Waals surface area contributed by atoms with Crippen LogP contribution < -0.4 is 19.1 Å². The summed E-state index contributed by atoms with van der Waals surface area (Å²) in [5.41, 5.74) is 0.568. The summed E-state index contributed by atoms with van der Waals surface area (Å²) in [5, 5.41) is 3.55. The molecule has 3 aromatic rings. The Morgan fingerprint density at radius 1 is 0.977 bits per heavy atom. The molecule has 0 spiro atoms. The maximum Gasteiger partial charge on any atom is 0.264 e. The van der Waals surface area contributed by atoms with Gasteiger partial charge in [-0.15, -0.1) is 0 Å². The Bertz CT molecular complexity index is 1600. The first-order chi connectivity index (χ1) is 20.9. The number of halogens is 3. The summed E-state index contributed by atoms with van der Waals surface area (Å²) < 4.78 is 54.1. The molecule has 9 nitrogen and oxygen atoms in total. The average Bonchev–Trinajstić information content (AvgIpc) is 2.99. The third-order valence-corrected chi connectivity index (χ3v) is 9.28. The number of hydrogen-bond acceptors (Lipinski definition) is 6. The van der Waals surface area contributed by atoms with E-state index in [1.807, 2.05) is 13.8 Å². The van der Waals surface area contributed by atoms with Crippen LogP contribution >= 0.6 is 23.2 Å². The first-order valence-corrected chi connectivity index (χ1v) is 16.3. The van der Waals surface area contributed by atoms with Gasteiger partial charge in [0.2, 0.25) is 11.8 Å². The summed E-state index contributed by atoms with van der Waals surface area (Å²) in [4.78, 5) is 28.7. The van der Waals surface area contributed by atoms with Crippen molar-refractivity contribution in [3.05, 3.63) is 82.1 Å². The van der Waals surface area contributed by atoms with Crippen molar-refractivity contribution in [3.63, 3.8) is 0 Å². The Hall–Kier alpha value is -3.54. The largest absolute Gasteiger partial charge is 0.486 e. The van der Waals surface area contributed by atoms with Gasteiger partial charge in [0.05, 0.1) is 10.6 Å². The van der Waals surface area contributed by atoms with E-state index < -0.39 is 34.3 Å². The number of benzene rings is 3. The average molecular weight is 667 g/mol. The highest BCUT2D eigenvalue weighted by Gasteiger charge is 2.34. The molecule has 0 unspecified atom stereocenters. The second kappa shape index (κ2) is 14.5. The van der Waals surface area contributed by atoms with Crippen LogP contribution in [0.25, 0.3) is 0 Å². The van der Waals surface area contributed by atoms with E-state index in [0.29, 0.717) is 29.5 Å². The second-order valence-electron chi connectivity index (χ2n) is 10.6. The molecular weight excluding hydrogens is 632 g/mol. The normalized spacial score (nSPS) is 13.3. The molecule has 236 valence electrons. The van der Waals surface area contributed by atoms with Crippen LogP contribution in [0.3, 0.4) is 0 Å². The van der Waals surface area contributed by atoms with Crippen molar-refractivity contribution >= 4 is 50.7 Å². The smallest absolute Gasteiger partial charge is 0.264 e. The van der Waals surface area contributed by atoms with Gasteiger partial charge in [0.1, 0.15) is 31.6 Å². The van der Waals surface area contributed by atoms with Crippen molar-refractivity contribution in [2.24, 2.45) is 5.92 Å². The zero-order chi connectivity index (χ0) is 32.0. The number of nitrogens with zero attached hydrogens (tertiary/aromatic N) is 2. The first kappa shape index (κ1) is 33.4. The number of carbonyl (C=O) groups excluding carboxylic acids is 2. The van der Waals surface area contributed by atoms with Gasteiger partial charge >= 0.3 is 0 Å². The van der Waals surface area contributed by atoms with Gasteiger partial charge in [-0.3, -0.25) is 13.9 Å². The lowest BCUT2D eigenvalue weighted by Gasteiger charge is -2.33. The molecule has 0 bridgehead atoms. The lowest BCUT2D eigenvalue weighted by molar-refractivity contribution is -0.140. The highest BCUT2D eigenvalue weighted by molar-refractivity contribution is 7.92. The quantitative estimate of drug-likeness (QED) is 0.267. The van der Waals surface area contributed by atoms with E-state index in [1.165, 1.54) is 41.3 Å². The summed E-state index contributed by atoms with van der Waals surface area (Å²) >= 11 is 12.5. The van der Waals surface area contributed by atoms with Crippen molar-refractivity contribution in [1.82, 2.24) is 10.2 Å². The number of sulfonamides is 1. The molecule has 3 aromatic carbocycles. The van der Waals surface area contributed by atoms with E-state index in [0.717, 1.165) is 16.4 Å². The maximum atomic E-state index is 14.2. The Balaban J connectivity index is 1.75. The van der Waals surface area contributed by atoms with E-state index in [2.05, 4.69) is 5.32 Å². The Labute approximate surface area is 266 Å². The molecule has 0 aliphatic carbocycles. The van der Waals surface area contributed by atoms with Crippen LogP contribution in [0.15, 0.2) is 65.6 Å². The van der Waals surface area contributed by atoms with Crippen LogP contribution in [0, 0.1) is 11.7 Å². The zero-order valence-electron chi connectivity index (χ0n) is 24.6.